The van der Waals surface area contributed by atoms with Crippen LogP contribution in [-0.2, 0) is 9.09 Å². The number of hydrogen-bond acceptors (Lipinski definition) is 3. The third kappa shape index (κ3) is 2.84. The molecule has 0 heterocycles. The topological polar surface area (TPSA) is 55.8 Å². The van der Waals surface area contributed by atoms with Crippen molar-refractivity contribution in [1.82, 2.24) is 0 Å². The monoisotopic (exact) mass is 202 g/mol. The average molecular weight is 202 g/mol. The summed E-state index contributed by atoms with van der Waals surface area (Å²) in [6, 6.07) is 6.93. The lowest BCUT2D eigenvalue weighted by Gasteiger charge is -2.11. The lowest BCUT2D eigenvalue weighted by molar-refractivity contribution is 0.242. The molecule has 0 spiro atoms. The maximum absolute atomic E-state index is 11.0. The van der Waals surface area contributed by atoms with Gasteiger partial charge < -0.3 is 4.52 Å². The quantitative estimate of drug-likeness (QED) is 0.762. The molecule has 5 heteroatoms. The van der Waals surface area contributed by atoms with Crippen molar-refractivity contribution < 1.29 is 18.5 Å². The van der Waals surface area contributed by atoms with E-state index in [0.717, 1.165) is 12.7 Å². The van der Waals surface area contributed by atoms with Gasteiger partial charge in [-0.2, -0.15) is 0 Å². The van der Waals surface area contributed by atoms with Gasteiger partial charge in [0.25, 0.3) is 0 Å². The molecule has 0 radical (unpaired) electrons. The van der Waals surface area contributed by atoms with Crippen LogP contribution in [0.3, 0.4) is 0 Å². The molecule has 0 bridgehead atoms. The minimum Gasteiger partial charge on any atom is -0.404 e. The first-order valence-corrected chi connectivity index (χ1v) is 5.18. The first-order chi connectivity index (χ1) is 6.05. The van der Waals surface area contributed by atoms with Crippen LogP contribution >= 0.6 is 7.82 Å². The van der Waals surface area contributed by atoms with Gasteiger partial charge in [0.15, 0.2) is 0 Å². The van der Waals surface area contributed by atoms with Crippen LogP contribution in [0.4, 0.5) is 0 Å². The summed E-state index contributed by atoms with van der Waals surface area (Å²) >= 11 is 0. The standard InChI is InChI=1S/C8H11O4P/c1-7-5-3-4-6-8(7)12-13(9,10)11-2/h3-6H,1-2H3,(H,9,10). The molecular formula is C8H11O4P. The number of rotatable bonds is 3. The summed E-state index contributed by atoms with van der Waals surface area (Å²) in [4.78, 5) is 9.01. The number of phosphoric ester groups is 1. The van der Waals surface area contributed by atoms with Crippen molar-refractivity contribution in [2.24, 2.45) is 0 Å². The third-order valence-electron chi connectivity index (χ3n) is 1.54. The fraction of sp³-hybridized carbons (Fsp3) is 0.250. The van der Waals surface area contributed by atoms with Gasteiger partial charge in [-0.25, -0.2) is 4.57 Å². The van der Waals surface area contributed by atoms with E-state index >= 15 is 0 Å². The van der Waals surface area contributed by atoms with Crippen LogP contribution in [0, 0.1) is 6.92 Å². The van der Waals surface area contributed by atoms with Gasteiger partial charge in [0.2, 0.25) is 0 Å². The molecule has 1 aromatic rings. The highest BCUT2D eigenvalue weighted by Gasteiger charge is 2.20. The minimum absolute atomic E-state index is 0.357. The smallest absolute Gasteiger partial charge is 0.404 e. The van der Waals surface area contributed by atoms with E-state index in [-0.39, 0.29) is 0 Å². The second-order valence-corrected chi connectivity index (χ2v) is 3.99. The van der Waals surface area contributed by atoms with Gasteiger partial charge in [-0.15, -0.1) is 0 Å². The number of aryl methyl sites for hydroxylation is 1. The molecule has 0 fully saturated rings. The van der Waals surface area contributed by atoms with Crippen molar-refractivity contribution in [3.63, 3.8) is 0 Å². The van der Waals surface area contributed by atoms with Crippen LogP contribution in [0.1, 0.15) is 5.56 Å². The maximum atomic E-state index is 11.0. The summed E-state index contributed by atoms with van der Waals surface area (Å²) in [7, 11) is -2.80. The van der Waals surface area contributed by atoms with E-state index < -0.39 is 7.82 Å². The Morgan fingerprint density at radius 3 is 2.54 bits per heavy atom. The number of para-hydroxylation sites is 1. The fourth-order valence-electron chi connectivity index (χ4n) is 0.820. The lowest BCUT2D eigenvalue weighted by Crippen LogP contribution is -1.94. The Labute approximate surface area is 76.7 Å². The lowest BCUT2D eigenvalue weighted by atomic mass is 10.2. The summed E-state index contributed by atoms with van der Waals surface area (Å²) in [5.41, 5.74) is 0.786. The van der Waals surface area contributed by atoms with E-state index in [1.165, 1.54) is 0 Å². The van der Waals surface area contributed by atoms with Gasteiger partial charge in [-0.3, -0.25) is 9.42 Å². The summed E-state index contributed by atoms with van der Waals surface area (Å²) in [5, 5.41) is 0. The highest BCUT2D eigenvalue weighted by Crippen LogP contribution is 2.43. The summed E-state index contributed by atoms with van der Waals surface area (Å²) in [6.07, 6.45) is 0. The molecule has 0 saturated carbocycles. The third-order valence-corrected chi connectivity index (χ3v) is 2.43. The van der Waals surface area contributed by atoms with Gasteiger partial charge in [0, 0.05) is 7.11 Å². The molecule has 0 amide bonds. The first-order valence-electron chi connectivity index (χ1n) is 3.69. The second-order valence-electron chi connectivity index (χ2n) is 2.51. The molecule has 72 valence electrons. The Morgan fingerprint density at radius 1 is 1.38 bits per heavy atom. The van der Waals surface area contributed by atoms with E-state index in [2.05, 4.69) is 4.52 Å². The largest absolute Gasteiger partial charge is 0.527 e. The van der Waals surface area contributed by atoms with Crippen LogP contribution in [0.5, 0.6) is 5.75 Å². The molecule has 0 aliphatic carbocycles. The van der Waals surface area contributed by atoms with E-state index in [1.54, 1.807) is 25.1 Å². The predicted molar refractivity (Wildman–Crippen MR) is 48.6 cm³/mol. The van der Waals surface area contributed by atoms with E-state index in [4.69, 9.17) is 9.42 Å². The summed E-state index contributed by atoms with van der Waals surface area (Å²) in [6.45, 7) is 1.78. The highest BCUT2D eigenvalue weighted by atomic mass is 31.2. The molecule has 1 aromatic carbocycles. The molecule has 0 aliphatic rings. The Bertz CT molecular complexity index is 337. The van der Waals surface area contributed by atoms with Crippen molar-refractivity contribution in [1.29, 1.82) is 0 Å². The zero-order valence-electron chi connectivity index (χ0n) is 7.43. The molecule has 1 rings (SSSR count). The van der Waals surface area contributed by atoms with Crippen molar-refractivity contribution in [2.45, 2.75) is 6.92 Å². The maximum Gasteiger partial charge on any atom is 0.527 e. The summed E-state index contributed by atoms with van der Waals surface area (Å²) in [5.74, 6) is 0.357. The van der Waals surface area contributed by atoms with Crippen molar-refractivity contribution in [3.8, 4) is 5.75 Å². The molecule has 0 aliphatic heterocycles. The molecule has 13 heavy (non-hydrogen) atoms. The van der Waals surface area contributed by atoms with Gasteiger partial charge in [0.05, 0.1) is 0 Å². The van der Waals surface area contributed by atoms with E-state index in [9.17, 15) is 4.57 Å². The molecule has 0 saturated heterocycles. The Kier molecular flexibility index (Phi) is 3.09. The van der Waals surface area contributed by atoms with Crippen LogP contribution < -0.4 is 4.52 Å². The molecular weight excluding hydrogens is 191 g/mol. The number of phosphoric acid groups is 1. The molecule has 1 N–H and O–H groups in total. The Morgan fingerprint density at radius 2 is 2.00 bits per heavy atom. The van der Waals surface area contributed by atoms with E-state index in [1.807, 2.05) is 6.07 Å². The number of hydrogen-bond donors (Lipinski definition) is 1. The zero-order valence-corrected chi connectivity index (χ0v) is 8.32. The fourth-order valence-corrected chi connectivity index (χ4v) is 1.35. The molecule has 4 nitrogen and oxygen atoms in total. The van der Waals surface area contributed by atoms with Crippen LogP contribution in [0.2, 0.25) is 0 Å². The molecule has 1 atom stereocenters. The van der Waals surface area contributed by atoms with Gasteiger partial charge in [-0.05, 0) is 18.6 Å². The summed E-state index contributed by atoms with van der Waals surface area (Å²) < 4.78 is 20.1. The highest BCUT2D eigenvalue weighted by molar-refractivity contribution is 7.47. The van der Waals surface area contributed by atoms with Gasteiger partial charge in [0.1, 0.15) is 5.75 Å². The van der Waals surface area contributed by atoms with Gasteiger partial charge in [-0.1, -0.05) is 18.2 Å². The SMILES string of the molecule is COP(=O)(O)Oc1ccccc1C. The van der Waals surface area contributed by atoms with Crippen LogP contribution in [0.15, 0.2) is 24.3 Å². The van der Waals surface area contributed by atoms with Crippen molar-refractivity contribution >= 4 is 7.82 Å². The minimum atomic E-state index is -3.92. The number of benzene rings is 1. The van der Waals surface area contributed by atoms with Gasteiger partial charge >= 0.3 is 7.82 Å². The van der Waals surface area contributed by atoms with E-state index in [0.29, 0.717) is 5.75 Å². The molecule has 1 unspecified atom stereocenters. The normalized spacial score (nSPS) is 15.0. The van der Waals surface area contributed by atoms with Crippen molar-refractivity contribution in [3.05, 3.63) is 29.8 Å². The Hall–Kier alpha value is -0.830. The Balaban J connectivity index is 2.86. The second kappa shape index (κ2) is 3.92. The zero-order chi connectivity index (χ0) is 9.90. The van der Waals surface area contributed by atoms with Crippen LogP contribution in [-0.4, -0.2) is 12.0 Å². The average Bonchev–Trinajstić information content (AvgIpc) is 2.09. The molecule has 0 aromatic heterocycles. The predicted octanol–water partition coefficient (Wildman–Crippen LogP) is 2.12. The van der Waals surface area contributed by atoms with Crippen molar-refractivity contribution in [2.75, 3.05) is 7.11 Å². The van der Waals surface area contributed by atoms with Crippen LogP contribution in [0.25, 0.3) is 0 Å². The first kappa shape index (κ1) is 10.3.